The van der Waals surface area contributed by atoms with Crippen LogP contribution in [0.4, 0.5) is 5.69 Å². The molecule has 0 spiro atoms. The average Bonchev–Trinajstić information content (AvgIpc) is 2.60. The number of thiocarbonyl (C=S) groups is 1. The van der Waals surface area contributed by atoms with Gasteiger partial charge in [-0.25, -0.2) is 0 Å². The van der Waals surface area contributed by atoms with Gasteiger partial charge >= 0.3 is 0 Å². The van der Waals surface area contributed by atoms with Crippen molar-refractivity contribution in [1.82, 2.24) is 5.32 Å². The Morgan fingerprint density at radius 3 is 2.54 bits per heavy atom. The van der Waals surface area contributed by atoms with Gasteiger partial charge < -0.3 is 20.1 Å². The smallest absolute Gasteiger partial charge is 0.170 e. The third-order valence-electron chi connectivity index (χ3n) is 3.63. The summed E-state index contributed by atoms with van der Waals surface area (Å²) in [5, 5.41) is 7.07. The SMILES string of the molecule is CCOc1ccc(CCCNC(=S)Nc2cccc(OC(C)C)c2)cc1. The van der Waals surface area contributed by atoms with Gasteiger partial charge in [0.1, 0.15) is 11.5 Å². The van der Waals surface area contributed by atoms with E-state index >= 15 is 0 Å². The molecule has 26 heavy (non-hydrogen) atoms. The Balaban J connectivity index is 1.70. The van der Waals surface area contributed by atoms with Crippen molar-refractivity contribution in [3.63, 3.8) is 0 Å². The highest BCUT2D eigenvalue weighted by molar-refractivity contribution is 7.80. The molecule has 0 heterocycles. The first kappa shape index (κ1) is 20.0. The minimum absolute atomic E-state index is 0.151. The summed E-state index contributed by atoms with van der Waals surface area (Å²) in [6.07, 6.45) is 2.16. The van der Waals surface area contributed by atoms with E-state index in [1.165, 1.54) is 5.56 Å². The van der Waals surface area contributed by atoms with Crippen molar-refractivity contribution in [2.24, 2.45) is 0 Å². The van der Waals surface area contributed by atoms with Crippen LogP contribution in [0.15, 0.2) is 48.5 Å². The van der Waals surface area contributed by atoms with Crippen molar-refractivity contribution in [2.45, 2.75) is 39.7 Å². The zero-order valence-electron chi connectivity index (χ0n) is 15.7. The molecule has 0 atom stereocenters. The molecule has 4 nitrogen and oxygen atoms in total. The quantitative estimate of drug-likeness (QED) is 0.489. The molecule has 0 amide bonds. The van der Waals surface area contributed by atoms with Crippen molar-refractivity contribution in [3.05, 3.63) is 54.1 Å². The van der Waals surface area contributed by atoms with Crippen LogP contribution in [0, 0.1) is 0 Å². The summed E-state index contributed by atoms with van der Waals surface area (Å²) in [5.41, 5.74) is 2.22. The fourth-order valence-corrected chi connectivity index (χ4v) is 2.73. The van der Waals surface area contributed by atoms with Gasteiger partial charge in [-0.3, -0.25) is 0 Å². The van der Waals surface area contributed by atoms with Gasteiger partial charge in [-0.1, -0.05) is 18.2 Å². The van der Waals surface area contributed by atoms with E-state index in [0.717, 1.165) is 36.6 Å². The maximum absolute atomic E-state index is 5.69. The van der Waals surface area contributed by atoms with E-state index in [2.05, 4.69) is 22.8 Å². The minimum atomic E-state index is 0.151. The number of rotatable bonds is 9. The summed E-state index contributed by atoms with van der Waals surface area (Å²) in [4.78, 5) is 0. The summed E-state index contributed by atoms with van der Waals surface area (Å²) in [5.74, 6) is 1.76. The van der Waals surface area contributed by atoms with Crippen molar-refractivity contribution in [1.29, 1.82) is 0 Å². The first-order valence-electron chi connectivity index (χ1n) is 9.10. The van der Waals surface area contributed by atoms with Gasteiger partial charge in [-0.05, 0) is 75.7 Å². The van der Waals surface area contributed by atoms with Crippen molar-refractivity contribution in [3.8, 4) is 11.5 Å². The van der Waals surface area contributed by atoms with Crippen molar-refractivity contribution >= 4 is 23.0 Å². The van der Waals surface area contributed by atoms with Crippen LogP contribution in [0.25, 0.3) is 0 Å². The highest BCUT2D eigenvalue weighted by Gasteiger charge is 2.02. The minimum Gasteiger partial charge on any atom is -0.494 e. The standard InChI is InChI=1S/C21H28N2O2S/c1-4-24-19-12-10-17(11-13-19)7-6-14-22-21(26)23-18-8-5-9-20(15-18)25-16(2)3/h5,8-13,15-16H,4,6-7,14H2,1-3H3,(H2,22,23,26). The number of hydrogen-bond acceptors (Lipinski definition) is 3. The number of hydrogen-bond donors (Lipinski definition) is 2. The van der Waals surface area contributed by atoms with Gasteiger partial charge in [0, 0.05) is 18.3 Å². The zero-order valence-corrected chi connectivity index (χ0v) is 16.6. The lowest BCUT2D eigenvalue weighted by molar-refractivity contribution is 0.242. The molecule has 5 heteroatoms. The average molecular weight is 373 g/mol. The monoisotopic (exact) mass is 372 g/mol. The van der Waals surface area contributed by atoms with Gasteiger partial charge in [-0.15, -0.1) is 0 Å². The molecule has 0 fully saturated rings. The van der Waals surface area contributed by atoms with E-state index in [1.54, 1.807) is 0 Å². The second-order valence-electron chi connectivity index (χ2n) is 6.26. The Kier molecular flexibility index (Phi) is 8.22. The van der Waals surface area contributed by atoms with E-state index in [-0.39, 0.29) is 6.10 Å². The molecule has 0 bridgehead atoms. The normalized spacial score (nSPS) is 10.5. The van der Waals surface area contributed by atoms with Gasteiger partial charge in [0.05, 0.1) is 12.7 Å². The van der Waals surface area contributed by atoms with E-state index in [1.807, 2.05) is 57.2 Å². The maximum atomic E-state index is 5.69. The molecule has 0 aliphatic heterocycles. The van der Waals surface area contributed by atoms with Crippen molar-refractivity contribution in [2.75, 3.05) is 18.5 Å². The Labute approximate surface area is 161 Å². The van der Waals surface area contributed by atoms with E-state index in [4.69, 9.17) is 21.7 Å². The Morgan fingerprint density at radius 1 is 1.08 bits per heavy atom. The third kappa shape index (κ3) is 7.31. The largest absolute Gasteiger partial charge is 0.494 e. The summed E-state index contributed by atoms with van der Waals surface area (Å²) in [6, 6.07) is 16.1. The van der Waals surface area contributed by atoms with Crippen LogP contribution in [0.2, 0.25) is 0 Å². The topological polar surface area (TPSA) is 42.5 Å². The Bertz CT molecular complexity index is 687. The van der Waals surface area contributed by atoms with Crippen LogP contribution in [0.5, 0.6) is 11.5 Å². The number of nitrogens with one attached hydrogen (secondary N) is 2. The van der Waals surface area contributed by atoms with Crippen LogP contribution >= 0.6 is 12.2 Å². The highest BCUT2D eigenvalue weighted by Crippen LogP contribution is 2.18. The van der Waals surface area contributed by atoms with Gasteiger partial charge in [0.2, 0.25) is 0 Å². The van der Waals surface area contributed by atoms with Crippen LogP contribution < -0.4 is 20.1 Å². The molecular formula is C21H28N2O2S. The lowest BCUT2D eigenvalue weighted by atomic mass is 10.1. The third-order valence-corrected chi connectivity index (χ3v) is 3.87. The summed E-state index contributed by atoms with van der Waals surface area (Å²) >= 11 is 5.36. The molecule has 0 unspecified atom stereocenters. The zero-order chi connectivity index (χ0) is 18.8. The second kappa shape index (κ2) is 10.7. The summed E-state index contributed by atoms with van der Waals surface area (Å²) < 4.78 is 11.2. The molecule has 140 valence electrons. The van der Waals surface area contributed by atoms with E-state index in [0.29, 0.717) is 11.7 Å². The molecule has 0 aliphatic carbocycles. The second-order valence-corrected chi connectivity index (χ2v) is 6.66. The van der Waals surface area contributed by atoms with Gasteiger partial charge in [0.25, 0.3) is 0 Å². The van der Waals surface area contributed by atoms with Crippen molar-refractivity contribution < 1.29 is 9.47 Å². The molecule has 2 rings (SSSR count). The van der Waals surface area contributed by atoms with E-state index in [9.17, 15) is 0 Å². The lowest BCUT2D eigenvalue weighted by Crippen LogP contribution is -2.29. The number of anilines is 1. The number of benzene rings is 2. The van der Waals surface area contributed by atoms with Crippen LogP contribution in [0.1, 0.15) is 32.8 Å². The Morgan fingerprint density at radius 2 is 1.85 bits per heavy atom. The fourth-order valence-electron chi connectivity index (χ4n) is 2.51. The highest BCUT2D eigenvalue weighted by atomic mass is 32.1. The molecule has 0 saturated carbocycles. The predicted molar refractivity (Wildman–Crippen MR) is 112 cm³/mol. The first-order chi connectivity index (χ1) is 12.6. The first-order valence-corrected chi connectivity index (χ1v) is 9.51. The molecule has 2 N–H and O–H groups in total. The molecule has 2 aromatic carbocycles. The predicted octanol–water partition coefficient (Wildman–Crippen LogP) is 4.79. The van der Waals surface area contributed by atoms with Crippen LogP contribution in [-0.2, 0) is 6.42 Å². The number of ether oxygens (including phenoxy) is 2. The van der Waals surface area contributed by atoms with E-state index < -0.39 is 0 Å². The maximum Gasteiger partial charge on any atom is 0.170 e. The molecule has 0 aromatic heterocycles. The summed E-state index contributed by atoms with van der Waals surface area (Å²) in [7, 11) is 0. The molecule has 0 aliphatic rings. The van der Waals surface area contributed by atoms with Crippen LogP contribution in [-0.4, -0.2) is 24.4 Å². The van der Waals surface area contributed by atoms with Crippen LogP contribution in [0.3, 0.4) is 0 Å². The molecule has 0 saturated heterocycles. The lowest BCUT2D eigenvalue weighted by Gasteiger charge is -2.13. The Hall–Kier alpha value is -2.27. The number of aryl methyl sites for hydroxylation is 1. The molecule has 2 aromatic rings. The summed E-state index contributed by atoms with van der Waals surface area (Å²) in [6.45, 7) is 7.53. The fraction of sp³-hybridized carbons (Fsp3) is 0.381. The van der Waals surface area contributed by atoms with Gasteiger partial charge in [-0.2, -0.15) is 0 Å². The molecular weight excluding hydrogens is 344 g/mol. The van der Waals surface area contributed by atoms with Gasteiger partial charge in [0.15, 0.2) is 5.11 Å². The molecule has 0 radical (unpaired) electrons.